The summed E-state index contributed by atoms with van der Waals surface area (Å²) >= 11 is 0. The molecule has 124 valence electrons. The second-order valence-corrected chi connectivity index (χ2v) is 4.94. The van der Waals surface area contributed by atoms with Gasteiger partial charge in [-0.2, -0.15) is 8.42 Å². The number of nitrogens with two attached hydrogens (primary N) is 1. The van der Waals surface area contributed by atoms with Crippen LogP contribution in [0.1, 0.15) is 0 Å². The maximum absolute atomic E-state index is 11.4. The number of para-hydroxylation sites is 2. The highest BCUT2D eigenvalue weighted by atomic mass is 32.3. The molecule has 0 saturated heterocycles. The van der Waals surface area contributed by atoms with Crippen molar-refractivity contribution in [3.8, 4) is 0 Å². The summed E-state index contributed by atoms with van der Waals surface area (Å²) in [6, 6.07) is 18.5. The number of nitrogens with zero attached hydrogens (tertiary/aromatic N) is 1. The number of rotatable bonds is 3. The second kappa shape index (κ2) is 8.70. The zero-order chi connectivity index (χ0) is 17.3. The van der Waals surface area contributed by atoms with Crippen LogP contribution in [-0.2, 0) is 10.4 Å². The van der Waals surface area contributed by atoms with Crippen molar-refractivity contribution in [2.45, 2.75) is 0 Å². The molecule has 9 nitrogen and oxygen atoms in total. The highest BCUT2D eigenvalue weighted by molar-refractivity contribution is 7.79. The minimum Gasteiger partial charge on any atom is -0.275 e. The lowest BCUT2D eigenvalue weighted by molar-refractivity contribution is 0.241. The van der Waals surface area contributed by atoms with Gasteiger partial charge in [-0.3, -0.25) is 19.5 Å². The molecule has 0 atom stereocenters. The molecule has 0 aliphatic heterocycles. The fourth-order valence-electron chi connectivity index (χ4n) is 1.57. The third-order valence-electron chi connectivity index (χ3n) is 2.37. The van der Waals surface area contributed by atoms with E-state index in [0.717, 1.165) is 11.4 Å². The molecule has 2 amide bonds. The first-order chi connectivity index (χ1) is 10.8. The van der Waals surface area contributed by atoms with Gasteiger partial charge in [0, 0.05) is 0 Å². The van der Waals surface area contributed by atoms with Crippen molar-refractivity contribution in [3.63, 3.8) is 0 Å². The fourth-order valence-corrected chi connectivity index (χ4v) is 1.57. The van der Waals surface area contributed by atoms with Crippen LogP contribution in [0.3, 0.4) is 0 Å². The first-order valence-corrected chi connectivity index (χ1v) is 7.58. The van der Waals surface area contributed by atoms with Crippen LogP contribution in [0.5, 0.6) is 0 Å². The van der Waals surface area contributed by atoms with Gasteiger partial charge in [0.05, 0.1) is 11.4 Å². The van der Waals surface area contributed by atoms with E-state index in [2.05, 4.69) is 5.43 Å². The number of hydrogen-bond donors (Lipinski definition) is 5. The quantitative estimate of drug-likeness (QED) is 0.245. The Kier molecular flexibility index (Phi) is 6.96. The lowest BCUT2D eigenvalue weighted by Crippen LogP contribution is -2.47. The number of hydrogen-bond acceptors (Lipinski definition) is 5. The molecule has 0 bridgehead atoms. The van der Waals surface area contributed by atoms with Crippen LogP contribution in [0.15, 0.2) is 60.7 Å². The number of amides is 2. The number of anilines is 2. The van der Waals surface area contributed by atoms with Gasteiger partial charge in [0.25, 0.3) is 0 Å². The summed E-state index contributed by atoms with van der Waals surface area (Å²) in [4.78, 5) is 11.4. The van der Waals surface area contributed by atoms with Crippen LogP contribution in [-0.4, -0.2) is 23.6 Å². The number of carbonyl (C=O) groups excluding carboxylic acids is 1. The first kappa shape index (κ1) is 18.4. The number of carbonyl (C=O) groups is 1. The molecule has 2 aromatic carbocycles. The molecule has 0 fully saturated rings. The third-order valence-corrected chi connectivity index (χ3v) is 2.37. The second-order valence-electron chi connectivity index (χ2n) is 4.04. The van der Waals surface area contributed by atoms with E-state index in [1.807, 2.05) is 66.1 Å². The molecule has 0 unspecified atom stereocenters. The summed E-state index contributed by atoms with van der Waals surface area (Å²) in [5.41, 5.74) is 6.38. The molecule has 0 heterocycles. The third kappa shape index (κ3) is 7.78. The summed E-state index contributed by atoms with van der Waals surface area (Å²) in [7, 11) is -4.67. The Balaban J connectivity index is 0.000000463. The predicted molar refractivity (Wildman–Crippen MR) is 85.1 cm³/mol. The monoisotopic (exact) mass is 340 g/mol. The number of nitrogens with one attached hydrogen (secondary N) is 2. The van der Waals surface area contributed by atoms with E-state index in [1.54, 1.807) is 5.01 Å². The molecule has 0 radical (unpaired) electrons. The summed E-state index contributed by atoms with van der Waals surface area (Å²) in [6.45, 7) is 0. The average molecular weight is 340 g/mol. The molecule has 0 aliphatic rings. The maximum atomic E-state index is 11.4. The van der Waals surface area contributed by atoms with E-state index < -0.39 is 16.4 Å². The van der Waals surface area contributed by atoms with Crippen molar-refractivity contribution >= 4 is 27.8 Å². The van der Waals surface area contributed by atoms with Crippen molar-refractivity contribution in [1.29, 1.82) is 0 Å². The van der Waals surface area contributed by atoms with E-state index in [-0.39, 0.29) is 0 Å². The molecule has 10 heteroatoms. The van der Waals surface area contributed by atoms with Crippen molar-refractivity contribution in [3.05, 3.63) is 60.7 Å². The minimum absolute atomic E-state index is 0.484. The normalized spacial score (nSPS) is 10.0. The van der Waals surface area contributed by atoms with E-state index in [0.29, 0.717) is 0 Å². The van der Waals surface area contributed by atoms with Crippen molar-refractivity contribution in [1.82, 2.24) is 10.9 Å². The lowest BCUT2D eigenvalue weighted by atomic mass is 10.2. The SMILES string of the molecule is NNC(=O)NN(c1ccccc1)c1ccccc1.O=S(=O)(O)O. The predicted octanol–water partition coefficient (Wildman–Crippen LogP) is 1.26. The topological polar surface area (TPSA) is 145 Å². The Morgan fingerprint density at radius 2 is 1.26 bits per heavy atom. The van der Waals surface area contributed by atoms with Gasteiger partial charge in [0.1, 0.15) is 0 Å². The van der Waals surface area contributed by atoms with E-state index in [9.17, 15) is 4.79 Å². The molecule has 6 N–H and O–H groups in total. The van der Waals surface area contributed by atoms with Gasteiger partial charge in [0.15, 0.2) is 0 Å². The molecule has 2 aromatic rings. The zero-order valence-corrected chi connectivity index (χ0v) is 12.6. The van der Waals surface area contributed by atoms with E-state index >= 15 is 0 Å². The van der Waals surface area contributed by atoms with Crippen LogP contribution in [0.25, 0.3) is 0 Å². The van der Waals surface area contributed by atoms with Gasteiger partial charge in [-0.1, -0.05) is 36.4 Å². The van der Waals surface area contributed by atoms with Gasteiger partial charge in [-0.05, 0) is 24.3 Å². The van der Waals surface area contributed by atoms with Crippen LogP contribution >= 0.6 is 0 Å². The number of urea groups is 1. The van der Waals surface area contributed by atoms with E-state index in [4.69, 9.17) is 23.4 Å². The standard InChI is InChI=1S/C13H14N4O.H2O4S/c14-15-13(18)16-17(11-7-3-1-4-8-11)12-9-5-2-6-10-12;1-5(2,3)4/h1-10H,14H2,(H2,15,16,18);(H2,1,2,3,4). The minimum atomic E-state index is -4.67. The smallest absolute Gasteiger partial charge is 0.275 e. The Morgan fingerprint density at radius 1 is 0.913 bits per heavy atom. The number of hydrazine groups is 2. The van der Waals surface area contributed by atoms with Gasteiger partial charge >= 0.3 is 16.4 Å². The Morgan fingerprint density at radius 3 is 1.57 bits per heavy atom. The van der Waals surface area contributed by atoms with Crippen molar-refractivity contribution in [2.75, 3.05) is 5.01 Å². The van der Waals surface area contributed by atoms with Crippen LogP contribution in [0.4, 0.5) is 16.2 Å². The summed E-state index contributed by atoms with van der Waals surface area (Å²) in [5, 5.41) is 1.65. The molecule has 0 spiro atoms. The van der Waals surface area contributed by atoms with Gasteiger partial charge < -0.3 is 0 Å². The summed E-state index contributed by atoms with van der Waals surface area (Å²) < 4.78 is 31.6. The number of benzene rings is 2. The highest BCUT2D eigenvalue weighted by Crippen LogP contribution is 2.22. The van der Waals surface area contributed by atoms with Crippen LogP contribution in [0.2, 0.25) is 0 Å². The molecule has 23 heavy (non-hydrogen) atoms. The highest BCUT2D eigenvalue weighted by Gasteiger charge is 2.10. The van der Waals surface area contributed by atoms with Gasteiger partial charge in [-0.15, -0.1) is 0 Å². The first-order valence-electron chi connectivity index (χ1n) is 6.18. The van der Waals surface area contributed by atoms with Gasteiger partial charge in [-0.25, -0.2) is 16.1 Å². The Labute approximate surface area is 133 Å². The molecule has 0 aliphatic carbocycles. The molecular weight excluding hydrogens is 324 g/mol. The Hall–Kier alpha value is -2.66. The fraction of sp³-hybridized carbons (Fsp3) is 0. The van der Waals surface area contributed by atoms with Gasteiger partial charge in [0.2, 0.25) is 0 Å². The van der Waals surface area contributed by atoms with E-state index in [1.165, 1.54) is 0 Å². The molecule has 0 saturated carbocycles. The largest absolute Gasteiger partial charge is 0.394 e. The lowest BCUT2D eigenvalue weighted by Gasteiger charge is -2.24. The van der Waals surface area contributed by atoms with Crippen molar-refractivity contribution < 1.29 is 22.3 Å². The maximum Gasteiger partial charge on any atom is 0.394 e. The molecule has 0 aromatic heterocycles. The molecular formula is C13H16N4O5S. The summed E-state index contributed by atoms with van der Waals surface area (Å²) in [5.74, 6) is 5.09. The van der Waals surface area contributed by atoms with Crippen molar-refractivity contribution in [2.24, 2.45) is 5.84 Å². The Bertz CT molecular complexity index is 662. The van der Waals surface area contributed by atoms with Crippen LogP contribution in [0, 0.1) is 0 Å². The summed E-state index contributed by atoms with van der Waals surface area (Å²) in [6.07, 6.45) is 0. The van der Waals surface area contributed by atoms with Crippen LogP contribution < -0.4 is 21.7 Å². The molecule has 2 rings (SSSR count). The zero-order valence-electron chi connectivity index (χ0n) is 11.8. The average Bonchev–Trinajstić information content (AvgIpc) is 2.52.